The minimum Gasteiger partial charge on any atom is -0.495 e. The molecule has 0 saturated carbocycles. The summed E-state index contributed by atoms with van der Waals surface area (Å²) >= 11 is 6.12. The highest BCUT2D eigenvalue weighted by molar-refractivity contribution is 6.32. The van der Waals surface area contributed by atoms with Crippen molar-refractivity contribution < 1.29 is 9.53 Å². The Labute approximate surface area is 129 Å². The Kier molecular flexibility index (Phi) is 5.17. The Balaban J connectivity index is 1.95. The molecule has 0 bridgehead atoms. The third kappa shape index (κ3) is 3.95. The molecule has 2 rings (SSSR count). The molecular weight excluding hydrogens is 288 g/mol. The van der Waals surface area contributed by atoms with E-state index in [2.05, 4.69) is 10.3 Å². The number of aryl methyl sites for hydroxylation is 1. The van der Waals surface area contributed by atoms with Gasteiger partial charge in [0.05, 0.1) is 12.1 Å². The third-order valence-corrected chi connectivity index (χ3v) is 3.53. The van der Waals surface area contributed by atoms with Crippen molar-refractivity contribution in [2.45, 2.75) is 13.3 Å². The first-order valence-electron chi connectivity index (χ1n) is 6.63. The molecule has 0 aliphatic rings. The molecule has 0 fully saturated rings. The third-order valence-electron chi connectivity index (χ3n) is 3.23. The number of nitrogens with one attached hydrogen (secondary N) is 1. The fraction of sp³-hybridized carbons (Fsp3) is 0.250. The van der Waals surface area contributed by atoms with Crippen LogP contribution >= 0.6 is 11.6 Å². The molecule has 4 nitrogen and oxygen atoms in total. The van der Waals surface area contributed by atoms with Gasteiger partial charge in [-0.1, -0.05) is 11.6 Å². The van der Waals surface area contributed by atoms with Gasteiger partial charge in [-0.15, -0.1) is 0 Å². The van der Waals surface area contributed by atoms with Crippen LogP contribution in [0.15, 0.2) is 36.7 Å². The van der Waals surface area contributed by atoms with Gasteiger partial charge in [0.1, 0.15) is 5.75 Å². The molecule has 0 spiro atoms. The number of ether oxygens (including phenoxy) is 1. The van der Waals surface area contributed by atoms with E-state index < -0.39 is 0 Å². The zero-order chi connectivity index (χ0) is 15.2. The predicted octanol–water partition coefficient (Wildman–Crippen LogP) is 3.02. The second kappa shape index (κ2) is 7.09. The van der Waals surface area contributed by atoms with Gasteiger partial charge in [-0.25, -0.2) is 0 Å². The van der Waals surface area contributed by atoms with Crippen LogP contribution in [-0.2, 0) is 6.42 Å². The smallest absolute Gasteiger partial charge is 0.251 e. The lowest BCUT2D eigenvalue weighted by Crippen LogP contribution is -2.25. The van der Waals surface area contributed by atoms with Crippen molar-refractivity contribution >= 4 is 17.5 Å². The quantitative estimate of drug-likeness (QED) is 0.924. The molecule has 1 N–H and O–H groups in total. The highest BCUT2D eigenvalue weighted by atomic mass is 35.5. The summed E-state index contributed by atoms with van der Waals surface area (Å²) in [6, 6.07) is 7.16. The number of amides is 1. The van der Waals surface area contributed by atoms with Crippen LogP contribution in [0.4, 0.5) is 0 Å². The van der Waals surface area contributed by atoms with Crippen molar-refractivity contribution in [3.63, 3.8) is 0 Å². The van der Waals surface area contributed by atoms with E-state index in [9.17, 15) is 4.79 Å². The Hall–Kier alpha value is -2.07. The molecule has 0 aliphatic heterocycles. The summed E-state index contributed by atoms with van der Waals surface area (Å²) in [6.07, 6.45) is 3.91. The number of benzene rings is 1. The van der Waals surface area contributed by atoms with Crippen LogP contribution in [0.3, 0.4) is 0 Å². The van der Waals surface area contributed by atoms with Gasteiger partial charge in [0.25, 0.3) is 5.91 Å². The number of nitrogens with zero attached hydrogens (tertiary/aromatic N) is 1. The topological polar surface area (TPSA) is 51.2 Å². The Morgan fingerprint density at radius 2 is 2.05 bits per heavy atom. The summed E-state index contributed by atoms with van der Waals surface area (Å²) in [5.41, 5.74) is 2.79. The van der Waals surface area contributed by atoms with Crippen LogP contribution in [0.25, 0.3) is 0 Å². The number of halogens is 1. The molecule has 0 aliphatic carbocycles. The van der Waals surface area contributed by atoms with Crippen molar-refractivity contribution in [3.8, 4) is 5.75 Å². The first-order valence-corrected chi connectivity index (χ1v) is 7.01. The predicted molar refractivity (Wildman–Crippen MR) is 83.0 cm³/mol. The summed E-state index contributed by atoms with van der Waals surface area (Å²) in [7, 11) is 1.59. The zero-order valence-electron chi connectivity index (χ0n) is 12.0. The van der Waals surface area contributed by atoms with Gasteiger partial charge < -0.3 is 10.1 Å². The second-order valence-corrected chi connectivity index (χ2v) is 5.06. The molecule has 1 aromatic heterocycles. The lowest BCUT2D eigenvalue weighted by atomic mass is 10.1. The number of aromatic nitrogens is 1. The van der Waals surface area contributed by atoms with Crippen LogP contribution < -0.4 is 10.1 Å². The summed E-state index contributed by atoms with van der Waals surface area (Å²) in [5.74, 6) is 0.563. The first kappa shape index (κ1) is 15.3. The highest BCUT2D eigenvalue weighted by Crippen LogP contribution is 2.27. The monoisotopic (exact) mass is 304 g/mol. The molecule has 21 heavy (non-hydrogen) atoms. The van der Waals surface area contributed by atoms with E-state index in [0.29, 0.717) is 29.3 Å². The fourth-order valence-corrected chi connectivity index (χ4v) is 2.30. The molecule has 0 atom stereocenters. The first-order chi connectivity index (χ1) is 10.1. The van der Waals surface area contributed by atoms with E-state index in [1.165, 1.54) is 0 Å². The van der Waals surface area contributed by atoms with Gasteiger partial charge >= 0.3 is 0 Å². The molecule has 1 amide bonds. The van der Waals surface area contributed by atoms with Crippen LogP contribution in [0, 0.1) is 6.92 Å². The zero-order valence-corrected chi connectivity index (χ0v) is 12.8. The van der Waals surface area contributed by atoms with Crippen molar-refractivity contribution in [1.82, 2.24) is 10.3 Å². The van der Waals surface area contributed by atoms with E-state index >= 15 is 0 Å². The molecule has 110 valence electrons. The lowest BCUT2D eigenvalue weighted by Gasteiger charge is -2.11. The maximum absolute atomic E-state index is 11.9. The van der Waals surface area contributed by atoms with Crippen molar-refractivity contribution in [1.29, 1.82) is 0 Å². The maximum Gasteiger partial charge on any atom is 0.251 e. The van der Waals surface area contributed by atoms with E-state index in [4.69, 9.17) is 16.3 Å². The van der Waals surface area contributed by atoms with Gasteiger partial charge in [0, 0.05) is 24.5 Å². The molecule has 0 unspecified atom stereocenters. The van der Waals surface area contributed by atoms with Crippen LogP contribution in [0.2, 0.25) is 5.02 Å². The molecule has 0 saturated heterocycles. The van der Waals surface area contributed by atoms with Crippen molar-refractivity contribution in [2.75, 3.05) is 13.7 Å². The Bertz CT molecular complexity index is 630. The standard InChI is InChI=1S/C16H17ClN2O2/c1-11-9-15(21-2)14(17)10-13(11)5-8-19-16(20)12-3-6-18-7-4-12/h3-4,6-7,9-10H,5,8H2,1-2H3,(H,19,20). The van der Waals surface area contributed by atoms with Gasteiger partial charge in [0.2, 0.25) is 0 Å². The molecule has 2 aromatic rings. The van der Waals surface area contributed by atoms with Gasteiger partial charge in [-0.2, -0.15) is 0 Å². The number of rotatable bonds is 5. The van der Waals surface area contributed by atoms with E-state index in [1.54, 1.807) is 31.6 Å². The molecule has 1 heterocycles. The average molecular weight is 305 g/mol. The van der Waals surface area contributed by atoms with Crippen LogP contribution in [0.1, 0.15) is 21.5 Å². The van der Waals surface area contributed by atoms with E-state index in [-0.39, 0.29) is 5.91 Å². The fourth-order valence-electron chi connectivity index (χ4n) is 2.04. The Morgan fingerprint density at radius 1 is 1.33 bits per heavy atom. The normalized spacial score (nSPS) is 10.2. The van der Waals surface area contributed by atoms with Gasteiger partial charge in [0.15, 0.2) is 0 Å². The number of methoxy groups -OCH3 is 1. The number of hydrogen-bond donors (Lipinski definition) is 1. The summed E-state index contributed by atoms with van der Waals surface area (Å²) < 4.78 is 5.17. The molecule has 1 aromatic carbocycles. The van der Waals surface area contributed by atoms with Gasteiger partial charge in [-0.3, -0.25) is 9.78 Å². The van der Waals surface area contributed by atoms with Crippen LogP contribution in [-0.4, -0.2) is 24.5 Å². The largest absolute Gasteiger partial charge is 0.495 e. The van der Waals surface area contributed by atoms with Crippen molar-refractivity contribution in [3.05, 3.63) is 58.4 Å². The number of hydrogen-bond acceptors (Lipinski definition) is 3. The molecular formula is C16H17ClN2O2. The average Bonchev–Trinajstić information content (AvgIpc) is 2.51. The summed E-state index contributed by atoms with van der Waals surface area (Å²) in [6.45, 7) is 2.55. The lowest BCUT2D eigenvalue weighted by molar-refractivity contribution is 0.0954. The molecule has 5 heteroatoms. The number of carbonyl (C=O) groups excluding carboxylic acids is 1. The second-order valence-electron chi connectivity index (χ2n) is 4.66. The highest BCUT2D eigenvalue weighted by Gasteiger charge is 2.08. The van der Waals surface area contributed by atoms with E-state index in [0.717, 1.165) is 11.1 Å². The summed E-state index contributed by atoms with van der Waals surface area (Å²) in [5, 5.41) is 3.46. The maximum atomic E-state index is 11.9. The van der Waals surface area contributed by atoms with Crippen LogP contribution in [0.5, 0.6) is 5.75 Å². The molecule has 0 radical (unpaired) electrons. The number of pyridine rings is 1. The number of carbonyl (C=O) groups is 1. The van der Waals surface area contributed by atoms with E-state index in [1.807, 2.05) is 19.1 Å². The summed E-state index contributed by atoms with van der Waals surface area (Å²) in [4.78, 5) is 15.8. The van der Waals surface area contributed by atoms with Crippen molar-refractivity contribution in [2.24, 2.45) is 0 Å². The minimum absolute atomic E-state index is 0.102. The Morgan fingerprint density at radius 3 is 2.71 bits per heavy atom. The SMILES string of the molecule is COc1cc(C)c(CCNC(=O)c2ccncc2)cc1Cl. The van der Waals surface area contributed by atoms with Gasteiger partial charge in [-0.05, 0) is 48.7 Å². The minimum atomic E-state index is -0.102.